The molecule has 0 aliphatic heterocycles. The molecule has 0 aliphatic rings. The van der Waals surface area contributed by atoms with Crippen molar-refractivity contribution < 1.29 is 9.53 Å². The number of hydrogen-bond donors (Lipinski definition) is 0. The van der Waals surface area contributed by atoms with Gasteiger partial charge in [-0.2, -0.15) is 0 Å². The van der Waals surface area contributed by atoms with Crippen LogP contribution in [0.3, 0.4) is 0 Å². The van der Waals surface area contributed by atoms with Crippen LogP contribution < -0.4 is 4.74 Å². The fourth-order valence-corrected chi connectivity index (χ4v) is 1.40. The van der Waals surface area contributed by atoms with Crippen LogP contribution in [-0.4, -0.2) is 17.9 Å². The Labute approximate surface area is 69.0 Å². The summed E-state index contributed by atoms with van der Waals surface area (Å²) >= 11 is 1.28. The Kier molecular flexibility index (Phi) is 2.59. The van der Waals surface area contributed by atoms with Crippen LogP contribution in [0.1, 0.15) is 23.0 Å². The second-order valence-electron chi connectivity index (χ2n) is 1.97. The second-order valence-corrected chi connectivity index (χ2v) is 2.96. The summed E-state index contributed by atoms with van der Waals surface area (Å²) < 4.78 is 4.84. The summed E-state index contributed by atoms with van der Waals surface area (Å²) in [7, 11) is 1.54. The predicted molar refractivity (Wildman–Crippen MR) is 43.3 cm³/mol. The largest absolute Gasteiger partial charge is 0.473 e. The predicted octanol–water partition coefficient (Wildman–Crippen LogP) is 1.74. The molecule has 0 unspecified atom stereocenters. The van der Waals surface area contributed by atoms with E-state index in [-0.39, 0.29) is 5.78 Å². The number of Topliss-reactive ketones (excluding diaryl/α,β-unsaturated/α-hetero) is 1. The van der Waals surface area contributed by atoms with Crippen molar-refractivity contribution in [3.05, 3.63) is 11.1 Å². The number of carbonyl (C=O) groups excluding carboxylic acids is 1. The number of thiazole rings is 1. The Morgan fingerprint density at radius 1 is 1.82 bits per heavy atom. The smallest absolute Gasteiger partial charge is 0.273 e. The van der Waals surface area contributed by atoms with Crippen LogP contribution in [0.25, 0.3) is 0 Å². The molecule has 0 N–H and O–H groups in total. The van der Waals surface area contributed by atoms with E-state index >= 15 is 0 Å². The third-order valence-corrected chi connectivity index (χ3v) is 2.25. The number of aromatic nitrogens is 1. The molecule has 0 radical (unpaired) electrons. The van der Waals surface area contributed by atoms with Crippen LogP contribution in [-0.2, 0) is 0 Å². The molecule has 1 heterocycles. The Morgan fingerprint density at radius 2 is 2.55 bits per heavy atom. The maximum atomic E-state index is 11.1. The normalized spacial score (nSPS) is 9.64. The number of ketones is 1. The van der Waals surface area contributed by atoms with Crippen molar-refractivity contribution >= 4 is 17.1 Å². The number of rotatable bonds is 3. The maximum Gasteiger partial charge on any atom is 0.273 e. The number of ether oxygens (including phenoxy) is 1. The zero-order chi connectivity index (χ0) is 8.27. The lowest BCUT2D eigenvalue weighted by atomic mass is 10.3. The molecule has 0 saturated heterocycles. The number of nitrogens with zero attached hydrogens (tertiary/aromatic N) is 1. The van der Waals surface area contributed by atoms with E-state index < -0.39 is 0 Å². The summed E-state index contributed by atoms with van der Waals surface area (Å²) in [5, 5.41) is 0.543. The van der Waals surface area contributed by atoms with E-state index in [1.165, 1.54) is 11.3 Å². The highest BCUT2D eigenvalue weighted by Crippen LogP contribution is 2.20. The molecular weight excluding hydrogens is 162 g/mol. The van der Waals surface area contributed by atoms with E-state index in [2.05, 4.69) is 4.98 Å². The molecule has 60 valence electrons. The molecule has 0 atom stereocenters. The Bertz CT molecular complexity index is 257. The minimum absolute atomic E-state index is 0.116. The topological polar surface area (TPSA) is 39.2 Å². The van der Waals surface area contributed by atoms with Crippen molar-refractivity contribution in [3.63, 3.8) is 0 Å². The summed E-state index contributed by atoms with van der Waals surface area (Å²) in [4.78, 5) is 15.6. The summed E-state index contributed by atoms with van der Waals surface area (Å²) in [6.45, 7) is 1.83. The molecule has 1 aromatic heterocycles. The minimum Gasteiger partial charge on any atom is -0.473 e. The van der Waals surface area contributed by atoms with Gasteiger partial charge in [-0.1, -0.05) is 18.3 Å². The summed E-state index contributed by atoms with van der Waals surface area (Å²) in [5.41, 5.74) is 0. The van der Waals surface area contributed by atoms with E-state index in [4.69, 9.17) is 4.74 Å². The molecule has 4 heteroatoms. The summed E-state index contributed by atoms with van der Waals surface area (Å²) in [6.07, 6.45) is 2.07. The van der Waals surface area contributed by atoms with Gasteiger partial charge in [0.15, 0.2) is 5.78 Å². The molecule has 0 aromatic carbocycles. The van der Waals surface area contributed by atoms with Crippen LogP contribution in [0.2, 0.25) is 0 Å². The quantitative estimate of drug-likeness (QED) is 0.650. The first kappa shape index (κ1) is 8.20. The van der Waals surface area contributed by atoms with Gasteiger partial charge in [0.2, 0.25) is 0 Å². The first-order chi connectivity index (χ1) is 5.27. The van der Waals surface area contributed by atoms with Gasteiger partial charge < -0.3 is 4.74 Å². The lowest BCUT2D eigenvalue weighted by molar-refractivity contribution is 0.0992. The molecule has 0 spiro atoms. The molecule has 1 aromatic rings. The Balaban J connectivity index is 2.80. The Morgan fingerprint density at radius 3 is 3.00 bits per heavy atom. The van der Waals surface area contributed by atoms with Crippen LogP contribution >= 0.6 is 11.3 Å². The summed E-state index contributed by atoms with van der Waals surface area (Å²) in [5.74, 6) is 0.116. The third-order valence-electron chi connectivity index (χ3n) is 1.26. The first-order valence-corrected chi connectivity index (χ1v) is 4.12. The first-order valence-electron chi connectivity index (χ1n) is 3.31. The minimum atomic E-state index is 0.116. The highest BCUT2D eigenvalue weighted by atomic mass is 32.1. The van der Waals surface area contributed by atoms with E-state index in [0.29, 0.717) is 16.5 Å². The Hall–Kier alpha value is -0.900. The maximum absolute atomic E-state index is 11.1. The van der Waals surface area contributed by atoms with Gasteiger partial charge in [-0.15, -0.1) is 0 Å². The molecule has 11 heavy (non-hydrogen) atoms. The lowest BCUT2D eigenvalue weighted by Gasteiger charge is -1.88. The van der Waals surface area contributed by atoms with Crippen molar-refractivity contribution in [3.8, 4) is 5.19 Å². The zero-order valence-electron chi connectivity index (χ0n) is 6.46. The third kappa shape index (κ3) is 1.77. The van der Waals surface area contributed by atoms with Gasteiger partial charge in [0.05, 0.1) is 18.2 Å². The van der Waals surface area contributed by atoms with E-state index in [0.717, 1.165) is 0 Å². The van der Waals surface area contributed by atoms with Gasteiger partial charge in [0.1, 0.15) is 0 Å². The fraction of sp³-hybridized carbons (Fsp3) is 0.429. The molecule has 3 nitrogen and oxygen atoms in total. The van der Waals surface area contributed by atoms with Crippen molar-refractivity contribution in [1.82, 2.24) is 4.98 Å². The average Bonchev–Trinajstić information content (AvgIpc) is 2.50. The van der Waals surface area contributed by atoms with Crippen molar-refractivity contribution in [1.29, 1.82) is 0 Å². The van der Waals surface area contributed by atoms with Crippen molar-refractivity contribution in [2.24, 2.45) is 0 Å². The van der Waals surface area contributed by atoms with Crippen molar-refractivity contribution in [2.45, 2.75) is 13.3 Å². The van der Waals surface area contributed by atoms with Gasteiger partial charge >= 0.3 is 0 Å². The van der Waals surface area contributed by atoms with Gasteiger partial charge in [-0.25, -0.2) is 4.98 Å². The highest BCUT2D eigenvalue weighted by Gasteiger charge is 2.07. The molecule has 1 rings (SSSR count). The van der Waals surface area contributed by atoms with E-state index in [1.54, 1.807) is 13.3 Å². The number of carbonyl (C=O) groups is 1. The van der Waals surface area contributed by atoms with Gasteiger partial charge in [-0.3, -0.25) is 4.79 Å². The SMILES string of the molecule is CCC(=O)c1cnc(OC)s1. The summed E-state index contributed by atoms with van der Waals surface area (Å²) in [6, 6.07) is 0. The monoisotopic (exact) mass is 171 g/mol. The van der Waals surface area contributed by atoms with Gasteiger partial charge in [-0.05, 0) is 0 Å². The van der Waals surface area contributed by atoms with E-state index in [9.17, 15) is 4.79 Å². The number of methoxy groups -OCH3 is 1. The molecule has 0 saturated carbocycles. The molecular formula is C7H9NO2S. The highest BCUT2D eigenvalue weighted by molar-refractivity contribution is 7.15. The van der Waals surface area contributed by atoms with Crippen molar-refractivity contribution in [2.75, 3.05) is 7.11 Å². The standard InChI is InChI=1S/C7H9NO2S/c1-3-5(9)6-4-8-7(10-2)11-6/h4H,3H2,1-2H3. The zero-order valence-corrected chi connectivity index (χ0v) is 7.27. The van der Waals surface area contributed by atoms with Gasteiger partial charge in [0.25, 0.3) is 5.19 Å². The van der Waals surface area contributed by atoms with E-state index in [1.807, 2.05) is 6.92 Å². The molecule has 0 fully saturated rings. The lowest BCUT2D eigenvalue weighted by Crippen LogP contribution is -1.90. The molecule has 0 amide bonds. The van der Waals surface area contributed by atoms with Crippen LogP contribution in [0.5, 0.6) is 5.19 Å². The van der Waals surface area contributed by atoms with Crippen LogP contribution in [0.15, 0.2) is 6.20 Å². The molecule has 0 aliphatic carbocycles. The molecule has 0 bridgehead atoms. The van der Waals surface area contributed by atoms with Crippen LogP contribution in [0, 0.1) is 0 Å². The van der Waals surface area contributed by atoms with Gasteiger partial charge in [0, 0.05) is 6.42 Å². The van der Waals surface area contributed by atoms with Crippen LogP contribution in [0.4, 0.5) is 0 Å². The second kappa shape index (κ2) is 3.48. The number of hydrogen-bond acceptors (Lipinski definition) is 4. The fourth-order valence-electron chi connectivity index (χ4n) is 0.656. The average molecular weight is 171 g/mol.